The first-order valence-corrected chi connectivity index (χ1v) is 0.854. The van der Waals surface area contributed by atoms with Crippen LogP contribution in [0.3, 0.4) is 0 Å². The second-order valence-electron chi connectivity index (χ2n) is 0. The van der Waals surface area contributed by atoms with E-state index in [9.17, 15) is 0 Å². The van der Waals surface area contributed by atoms with Gasteiger partial charge in [0, 0.05) is 32.7 Å². The first kappa shape index (κ1) is 15.7. The molecule has 0 aliphatic carbocycles. The molecule has 0 fully saturated rings. The van der Waals surface area contributed by atoms with E-state index in [0.717, 1.165) is 18.3 Å². The summed E-state index contributed by atoms with van der Waals surface area (Å²) >= 11 is 1.10. The zero-order valence-electron chi connectivity index (χ0n) is 1.34. The Bertz CT molecular complexity index is 8.00. The Morgan fingerprint density at radius 2 is 1.25 bits per heavy atom. The van der Waals surface area contributed by atoms with Crippen molar-refractivity contribution in [3.8, 4) is 0 Å². The van der Waals surface area contributed by atoms with Crippen molar-refractivity contribution in [1.82, 2.24) is 0 Å². The van der Waals surface area contributed by atoms with Gasteiger partial charge >= 0.3 is 70.7 Å². The van der Waals surface area contributed by atoms with E-state index in [4.69, 9.17) is 3.57 Å². The molecule has 0 aromatic carbocycles. The molecule has 0 unspecified atom stereocenters. The van der Waals surface area contributed by atoms with E-state index < -0.39 is 0 Å². The van der Waals surface area contributed by atoms with Crippen LogP contribution in [0.2, 0.25) is 0 Å². The van der Waals surface area contributed by atoms with Crippen LogP contribution in [0.1, 0.15) is 0 Å². The Balaban J connectivity index is -0.00000000500. The molecule has 0 saturated carbocycles. The monoisotopic (exact) mass is 347 g/mol. The average molecular weight is 345 g/mol. The SMILES string of the molecule is [BaH2].[O]=[Ru].[Y]. The van der Waals surface area contributed by atoms with Gasteiger partial charge in [-0.3, -0.25) is 0 Å². The molecule has 1 nitrogen and oxygen atoms in total. The van der Waals surface area contributed by atoms with Crippen LogP contribution in [0, 0.1) is 0 Å². The first-order chi connectivity index (χ1) is 1.00. The van der Waals surface area contributed by atoms with Gasteiger partial charge in [0.05, 0.1) is 0 Å². The summed E-state index contributed by atoms with van der Waals surface area (Å²) < 4.78 is 8.18. The Labute approximate surface area is 101 Å². The van der Waals surface area contributed by atoms with Crippen molar-refractivity contribution in [2.24, 2.45) is 0 Å². The van der Waals surface area contributed by atoms with Crippen molar-refractivity contribution in [3.63, 3.8) is 0 Å². The fourth-order valence-electron chi connectivity index (χ4n) is 0. The summed E-state index contributed by atoms with van der Waals surface area (Å²) in [6.45, 7) is 0. The van der Waals surface area contributed by atoms with Crippen molar-refractivity contribution in [2.45, 2.75) is 0 Å². The Kier molecular flexibility index (Phi) is 64.9. The van der Waals surface area contributed by atoms with E-state index in [0.29, 0.717) is 0 Å². The van der Waals surface area contributed by atoms with Gasteiger partial charge in [-0.05, 0) is 0 Å². The molecule has 0 rings (SSSR count). The quantitative estimate of drug-likeness (QED) is 0.513. The summed E-state index contributed by atoms with van der Waals surface area (Å²) in [6, 6.07) is 0. The molecule has 0 amide bonds. The molecule has 0 spiro atoms. The van der Waals surface area contributed by atoms with E-state index in [2.05, 4.69) is 0 Å². The van der Waals surface area contributed by atoms with Crippen molar-refractivity contribution in [3.05, 3.63) is 0 Å². The minimum absolute atomic E-state index is 0. The normalized spacial score (nSPS) is 1.25. The number of rotatable bonds is 0. The molecule has 0 aliphatic rings. The summed E-state index contributed by atoms with van der Waals surface area (Å²) in [5.74, 6) is 0. The molecule has 21 valence electrons. The minimum Gasteiger partial charge on any atom is 0 e. The second kappa shape index (κ2) is 16.5. The van der Waals surface area contributed by atoms with Gasteiger partial charge in [-0.1, -0.05) is 0 Å². The molecule has 0 aliphatic heterocycles. The summed E-state index contributed by atoms with van der Waals surface area (Å²) in [6.07, 6.45) is 0. The van der Waals surface area contributed by atoms with Gasteiger partial charge in [-0.25, -0.2) is 0 Å². The molecule has 0 heterocycles. The third-order valence-corrected chi connectivity index (χ3v) is 0. The van der Waals surface area contributed by atoms with Crippen molar-refractivity contribution in [1.29, 1.82) is 0 Å². The molecule has 0 aromatic rings. The topological polar surface area (TPSA) is 17.1 Å². The number of hydrogen-bond acceptors (Lipinski definition) is 1. The third kappa shape index (κ3) is 8.92. The van der Waals surface area contributed by atoms with Crippen molar-refractivity contribution in [2.75, 3.05) is 0 Å². The molecule has 1 radical (unpaired) electrons. The fraction of sp³-hybridized carbons (Fsp3) is 0. The summed E-state index contributed by atoms with van der Waals surface area (Å²) in [7, 11) is 0. The van der Waals surface area contributed by atoms with Gasteiger partial charge in [-0.2, -0.15) is 0 Å². The van der Waals surface area contributed by atoms with Crippen LogP contribution in [0.15, 0.2) is 0 Å². The minimum atomic E-state index is 0. The van der Waals surface area contributed by atoms with Gasteiger partial charge in [0.15, 0.2) is 0 Å². The van der Waals surface area contributed by atoms with Crippen LogP contribution < -0.4 is 0 Å². The van der Waals surface area contributed by atoms with Crippen LogP contribution in [-0.2, 0) is 54.5 Å². The van der Waals surface area contributed by atoms with Gasteiger partial charge in [0.2, 0.25) is 0 Å². The van der Waals surface area contributed by atoms with E-state index >= 15 is 0 Å². The zero-order valence-corrected chi connectivity index (χ0v) is 5.92. The van der Waals surface area contributed by atoms with Crippen molar-refractivity contribution < 1.29 is 54.5 Å². The van der Waals surface area contributed by atoms with Gasteiger partial charge in [0.1, 0.15) is 0 Å². The maximum atomic E-state index is 8.18. The summed E-state index contributed by atoms with van der Waals surface area (Å²) in [4.78, 5) is 0. The Morgan fingerprint density at radius 1 is 1.25 bits per heavy atom. The Morgan fingerprint density at radius 3 is 1.25 bits per heavy atom. The van der Waals surface area contributed by atoms with E-state index in [-0.39, 0.29) is 81.6 Å². The first-order valence-electron chi connectivity index (χ1n) is 0.144. The van der Waals surface area contributed by atoms with Crippen LogP contribution in [0.5, 0.6) is 0 Å². The van der Waals surface area contributed by atoms with E-state index in [1.54, 1.807) is 0 Å². The smallest absolute Gasteiger partial charge is 0 e. The second-order valence-corrected chi connectivity index (χ2v) is 0. The molecule has 0 bridgehead atoms. The molecule has 0 saturated heterocycles. The van der Waals surface area contributed by atoms with Crippen LogP contribution in [0.4, 0.5) is 0 Å². The average Bonchev–Trinajstić information content (AvgIpc) is 1.00. The van der Waals surface area contributed by atoms with E-state index in [1.165, 1.54) is 0 Å². The fourth-order valence-corrected chi connectivity index (χ4v) is 0. The molecule has 4 heavy (non-hydrogen) atoms. The largest absolute Gasteiger partial charge is 0 e. The molecular weight excluding hydrogens is 343 g/mol. The zero-order chi connectivity index (χ0) is 2.00. The van der Waals surface area contributed by atoms with Gasteiger partial charge < -0.3 is 0 Å². The predicted molar refractivity (Wildman–Crippen MR) is 9.23 cm³/mol. The molecule has 0 aromatic heterocycles. The van der Waals surface area contributed by atoms with Gasteiger partial charge in [0.25, 0.3) is 0 Å². The van der Waals surface area contributed by atoms with E-state index in [1.807, 2.05) is 0 Å². The van der Waals surface area contributed by atoms with Gasteiger partial charge in [-0.15, -0.1) is 0 Å². The standard InChI is InChI=1S/Ba.O.Ru.Y.2H. The molecule has 0 atom stereocenters. The summed E-state index contributed by atoms with van der Waals surface area (Å²) in [5, 5.41) is 0. The molecule has 0 N–H and O–H groups in total. The molecular formula is H2BaORuY. The third-order valence-electron chi connectivity index (χ3n) is 0. The van der Waals surface area contributed by atoms with Crippen LogP contribution >= 0.6 is 0 Å². The Hall–Kier alpha value is 3.10. The summed E-state index contributed by atoms with van der Waals surface area (Å²) in [5.41, 5.74) is 0. The predicted octanol–water partition coefficient (Wildman–Crippen LogP) is -1.04. The van der Waals surface area contributed by atoms with Crippen LogP contribution in [0.25, 0.3) is 0 Å². The maximum absolute atomic E-state index is 8.18. The number of hydrogen-bond donors (Lipinski definition) is 0. The molecule has 4 heteroatoms. The van der Waals surface area contributed by atoms with Crippen molar-refractivity contribution >= 4 is 48.9 Å². The van der Waals surface area contributed by atoms with Crippen LogP contribution in [-0.4, -0.2) is 48.9 Å². The maximum Gasteiger partial charge on any atom is 0 e.